The lowest BCUT2D eigenvalue weighted by Crippen LogP contribution is -2.36. The number of hydrazine groups is 2. The maximum atomic E-state index is 13.9. The Morgan fingerprint density at radius 2 is 1.90 bits per heavy atom. The fourth-order valence-electron chi connectivity index (χ4n) is 6.30. The molecule has 1 amide bonds. The minimum atomic E-state index is -4.60. The molecule has 3 N–H and O–H groups in total. The highest BCUT2D eigenvalue weighted by atomic mass is 32.2. The van der Waals surface area contributed by atoms with Gasteiger partial charge in [-0.05, 0) is 85.3 Å². The highest BCUT2D eigenvalue weighted by molar-refractivity contribution is 7.89. The first-order chi connectivity index (χ1) is 23.8. The molecule has 0 radical (unpaired) electrons. The zero-order valence-corrected chi connectivity index (χ0v) is 28.8. The number of carbonyl (C=O) groups is 1. The topological polar surface area (TPSA) is 129 Å². The summed E-state index contributed by atoms with van der Waals surface area (Å²) in [6, 6.07) is 14.7. The summed E-state index contributed by atoms with van der Waals surface area (Å²) in [5.41, 5.74) is 11.4. The number of rotatable bonds is 9. The maximum absolute atomic E-state index is 13.9. The van der Waals surface area contributed by atoms with Crippen molar-refractivity contribution < 1.29 is 31.1 Å². The van der Waals surface area contributed by atoms with E-state index in [1.165, 1.54) is 22.6 Å². The Bertz CT molecular complexity index is 2010. The SMILES string of the molecule is CC[C@@H]1CN(Cc2cc([C@H](CC(=O)Nc3ccc(C(F)(F)F)nc3)c3ccc4c(c3C)NNN4CC)ccc2C)S(=O)(=O)c2cccnc2O1. The van der Waals surface area contributed by atoms with Crippen LogP contribution in [0.25, 0.3) is 0 Å². The van der Waals surface area contributed by atoms with Crippen molar-refractivity contribution in [3.8, 4) is 5.88 Å². The number of pyridine rings is 2. The molecular formula is C35H38F3N7O4S. The van der Waals surface area contributed by atoms with E-state index in [0.717, 1.165) is 51.5 Å². The van der Waals surface area contributed by atoms with Gasteiger partial charge in [-0.2, -0.15) is 17.5 Å². The van der Waals surface area contributed by atoms with Crippen LogP contribution >= 0.6 is 0 Å². The smallest absolute Gasteiger partial charge is 0.433 e. The second-order valence-corrected chi connectivity index (χ2v) is 14.2. The van der Waals surface area contributed by atoms with Crippen molar-refractivity contribution in [3.05, 3.63) is 101 Å². The van der Waals surface area contributed by atoms with Gasteiger partial charge in [-0.1, -0.05) is 31.2 Å². The molecule has 11 nitrogen and oxygen atoms in total. The number of hydrogen-bond donors (Lipinski definition) is 3. The van der Waals surface area contributed by atoms with Crippen molar-refractivity contribution in [1.82, 2.24) is 19.8 Å². The van der Waals surface area contributed by atoms with E-state index in [0.29, 0.717) is 13.0 Å². The molecule has 2 aromatic carbocycles. The van der Waals surface area contributed by atoms with Crippen LogP contribution in [-0.2, 0) is 27.5 Å². The van der Waals surface area contributed by atoms with Gasteiger partial charge in [0.25, 0.3) is 0 Å². The molecule has 0 saturated carbocycles. The highest BCUT2D eigenvalue weighted by Crippen LogP contribution is 2.41. The van der Waals surface area contributed by atoms with E-state index in [9.17, 15) is 26.4 Å². The Kier molecular flexibility index (Phi) is 9.75. The zero-order valence-electron chi connectivity index (χ0n) is 28.0. The minimum Gasteiger partial charge on any atom is -0.472 e. The van der Waals surface area contributed by atoms with E-state index in [1.807, 2.05) is 63.0 Å². The molecule has 50 heavy (non-hydrogen) atoms. The van der Waals surface area contributed by atoms with Crippen LogP contribution in [0.1, 0.15) is 66.1 Å². The number of hydrogen-bond acceptors (Lipinski definition) is 9. The second-order valence-electron chi connectivity index (χ2n) is 12.3. The van der Waals surface area contributed by atoms with Crippen LogP contribution in [0.4, 0.5) is 30.2 Å². The molecule has 2 aliphatic rings. The number of anilines is 3. The highest BCUT2D eigenvalue weighted by Gasteiger charge is 2.36. The Labute approximate surface area is 288 Å². The number of sulfonamides is 1. The van der Waals surface area contributed by atoms with E-state index in [-0.39, 0.29) is 36.0 Å². The summed E-state index contributed by atoms with van der Waals surface area (Å²) in [5, 5.41) is 4.65. The maximum Gasteiger partial charge on any atom is 0.433 e. The summed E-state index contributed by atoms with van der Waals surface area (Å²) >= 11 is 0. The average Bonchev–Trinajstić information content (AvgIpc) is 3.47. The molecule has 15 heteroatoms. The van der Waals surface area contributed by atoms with Crippen LogP contribution in [0.5, 0.6) is 5.88 Å². The van der Waals surface area contributed by atoms with Crippen LogP contribution in [0.3, 0.4) is 0 Å². The van der Waals surface area contributed by atoms with E-state index in [1.54, 1.807) is 6.07 Å². The normalized spacial score (nSPS) is 17.6. The Hall–Kier alpha value is -4.73. The number of aryl methyl sites for hydroxylation is 1. The lowest BCUT2D eigenvalue weighted by Gasteiger charge is -2.25. The molecule has 0 spiro atoms. The number of nitrogens with zero attached hydrogens (tertiary/aromatic N) is 4. The number of aromatic nitrogens is 2. The molecule has 0 fully saturated rings. The average molecular weight is 710 g/mol. The van der Waals surface area contributed by atoms with Crippen molar-refractivity contribution in [2.45, 2.75) is 70.2 Å². The standard InChI is InChI=1S/C35H38F3N7O4S/c1-5-26-20-44(50(47,48)30-8-7-15-39-34(30)49-26)19-24-16-23(10-9-21(24)3)28(27-12-13-29-33(22(27)4)42-43-45(29)6-2)17-32(46)41-25-11-14-31(40-18-25)35(36,37)38/h7-16,18,26,28,42-43H,5-6,17,19-20H2,1-4H3,(H,41,46)/t26-,28+/m1/s1. The van der Waals surface area contributed by atoms with Crippen molar-refractivity contribution in [2.24, 2.45) is 0 Å². The van der Waals surface area contributed by atoms with Crippen LogP contribution in [0.2, 0.25) is 0 Å². The summed E-state index contributed by atoms with van der Waals surface area (Å²) in [6.45, 7) is 8.70. The molecule has 264 valence electrons. The quantitative estimate of drug-likeness (QED) is 0.183. The molecule has 2 aromatic heterocycles. The third-order valence-electron chi connectivity index (χ3n) is 9.13. The number of amides is 1. The Balaban J connectivity index is 1.36. The van der Waals surface area contributed by atoms with Gasteiger partial charge in [0.1, 0.15) is 16.7 Å². The summed E-state index contributed by atoms with van der Waals surface area (Å²) in [4.78, 5) is 21.2. The first-order valence-electron chi connectivity index (χ1n) is 16.3. The van der Waals surface area contributed by atoms with Gasteiger partial charge in [-0.3, -0.25) is 9.80 Å². The molecule has 4 aromatic rings. The van der Waals surface area contributed by atoms with Gasteiger partial charge < -0.3 is 15.5 Å². The van der Waals surface area contributed by atoms with E-state index >= 15 is 0 Å². The molecule has 0 aliphatic carbocycles. The van der Waals surface area contributed by atoms with Gasteiger partial charge in [0, 0.05) is 31.6 Å². The minimum absolute atomic E-state index is 0.00746. The molecule has 2 aliphatic heterocycles. The van der Waals surface area contributed by atoms with Gasteiger partial charge in [0.15, 0.2) is 0 Å². The third kappa shape index (κ3) is 6.98. The van der Waals surface area contributed by atoms with Gasteiger partial charge in [0.05, 0.1) is 29.8 Å². The van der Waals surface area contributed by atoms with E-state index in [4.69, 9.17) is 4.74 Å². The molecule has 4 heterocycles. The van der Waals surface area contributed by atoms with Crippen LogP contribution in [-0.4, -0.2) is 47.8 Å². The van der Waals surface area contributed by atoms with Crippen molar-refractivity contribution in [2.75, 3.05) is 28.8 Å². The lowest BCUT2D eigenvalue weighted by molar-refractivity contribution is -0.141. The molecule has 0 saturated heterocycles. The van der Waals surface area contributed by atoms with Crippen molar-refractivity contribution >= 4 is 33.0 Å². The summed E-state index contributed by atoms with van der Waals surface area (Å²) in [6.07, 6.45) is -2.00. The molecular weight excluding hydrogens is 671 g/mol. The fourth-order valence-corrected chi connectivity index (χ4v) is 7.82. The predicted octanol–water partition coefficient (Wildman–Crippen LogP) is 6.31. The van der Waals surface area contributed by atoms with Crippen molar-refractivity contribution in [1.29, 1.82) is 0 Å². The number of ether oxygens (including phenoxy) is 1. The van der Waals surface area contributed by atoms with Gasteiger partial charge in [-0.15, -0.1) is 5.53 Å². The van der Waals surface area contributed by atoms with E-state index < -0.39 is 39.8 Å². The summed E-state index contributed by atoms with van der Waals surface area (Å²) in [7, 11) is -3.96. The van der Waals surface area contributed by atoms with Gasteiger partial charge in [0.2, 0.25) is 21.8 Å². The molecule has 0 unspecified atom stereocenters. The molecule has 2 atom stereocenters. The number of carbonyl (C=O) groups excluding carboxylic acids is 1. The lowest BCUT2D eigenvalue weighted by atomic mass is 9.83. The van der Waals surface area contributed by atoms with Gasteiger partial charge >= 0.3 is 6.18 Å². The molecule has 6 rings (SSSR count). The summed E-state index contributed by atoms with van der Waals surface area (Å²) < 4.78 is 74.4. The number of halogens is 3. The number of fused-ring (bicyclic) bond motifs is 2. The first-order valence-corrected chi connectivity index (χ1v) is 17.7. The Morgan fingerprint density at radius 1 is 1.10 bits per heavy atom. The number of alkyl halides is 3. The van der Waals surface area contributed by atoms with Crippen molar-refractivity contribution in [3.63, 3.8) is 0 Å². The van der Waals surface area contributed by atoms with Gasteiger partial charge in [-0.25, -0.2) is 18.4 Å². The van der Waals surface area contributed by atoms with Crippen LogP contribution in [0.15, 0.2) is 71.9 Å². The predicted molar refractivity (Wildman–Crippen MR) is 183 cm³/mol. The molecule has 0 bridgehead atoms. The number of nitrogens with one attached hydrogen (secondary N) is 3. The monoisotopic (exact) mass is 709 g/mol. The number of benzene rings is 2. The Morgan fingerprint density at radius 3 is 2.60 bits per heavy atom. The second kappa shape index (κ2) is 13.9. The third-order valence-corrected chi connectivity index (χ3v) is 11.0. The largest absolute Gasteiger partial charge is 0.472 e. The fraction of sp³-hybridized carbons (Fsp3) is 0.343. The summed E-state index contributed by atoms with van der Waals surface area (Å²) in [5.74, 6) is -0.850. The van der Waals surface area contributed by atoms with Crippen LogP contribution in [0, 0.1) is 13.8 Å². The van der Waals surface area contributed by atoms with E-state index in [2.05, 4.69) is 26.2 Å². The van der Waals surface area contributed by atoms with Crippen LogP contribution < -0.4 is 26.0 Å². The zero-order chi connectivity index (χ0) is 35.8. The first kappa shape index (κ1) is 35.1.